The largest absolute Gasteiger partial charge is 0.363 e. The molecule has 2 aliphatic rings. The highest BCUT2D eigenvalue weighted by Gasteiger charge is 2.33. The zero-order chi connectivity index (χ0) is 16.4. The third-order valence-corrected chi connectivity index (χ3v) is 4.15. The van der Waals surface area contributed by atoms with Gasteiger partial charge in [0.15, 0.2) is 0 Å². The molecule has 1 aliphatic carbocycles. The molecule has 0 spiro atoms. The van der Waals surface area contributed by atoms with Gasteiger partial charge in [-0.05, 0) is 63.5 Å². The highest BCUT2D eigenvalue weighted by atomic mass is 16.5. The Labute approximate surface area is 136 Å². The molecule has 126 valence electrons. The predicted octanol–water partition coefficient (Wildman–Crippen LogP) is 4.12. The maximum Gasteiger partial charge on any atom is 0.147 e. The van der Waals surface area contributed by atoms with Crippen LogP contribution in [-0.2, 0) is 4.74 Å². The van der Waals surface area contributed by atoms with Crippen LogP contribution >= 0.6 is 0 Å². The van der Waals surface area contributed by atoms with Crippen LogP contribution in [-0.4, -0.2) is 23.9 Å². The first-order valence-electron chi connectivity index (χ1n) is 8.67. The monoisotopic (exact) mass is 306 g/mol. The normalized spacial score (nSPS) is 28.8. The van der Waals surface area contributed by atoms with Crippen LogP contribution < -0.4 is 10.6 Å². The van der Waals surface area contributed by atoms with Crippen molar-refractivity contribution in [3.05, 3.63) is 23.9 Å². The fraction of sp³-hybridized carbons (Fsp3) is 0.789. The Kier molecular flexibility index (Phi) is 5.39. The second-order valence-electron chi connectivity index (χ2n) is 9.05. The smallest absolute Gasteiger partial charge is 0.147 e. The summed E-state index contributed by atoms with van der Waals surface area (Å²) >= 11 is 0. The second kappa shape index (κ2) is 6.76. The minimum absolute atomic E-state index is 0.0407. The molecule has 2 N–H and O–H groups in total. The van der Waals surface area contributed by atoms with Gasteiger partial charge in [0.05, 0.1) is 6.10 Å². The minimum Gasteiger partial charge on any atom is -0.363 e. The summed E-state index contributed by atoms with van der Waals surface area (Å²) in [6.07, 6.45) is 11.5. The molecular weight excluding hydrogens is 272 g/mol. The van der Waals surface area contributed by atoms with E-state index in [1.165, 1.54) is 12.0 Å². The number of allylic oxidation sites excluding steroid dienone is 2. The lowest BCUT2D eigenvalue weighted by Gasteiger charge is -2.41. The van der Waals surface area contributed by atoms with E-state index in [0.717, 1.165) is 19.3 Å². The van der Waals surface area contributed by atoms with Gasteiger partial charge in [0.2, 0.25) is 0 Å². The molecule has 0 aromatic carbocycles. The van der Waals surface area contributed by atoms with Crippen LogP contribution in [0.15, 0.2) is 23.9 Å². The third kappa shape index (κ3) is 6.13. The van der Waals surface area contributed by atoms with E-state index in [-0.39, 0.29) is 11.8 Å². The number of dihydropyridines is 1. The van der Waals surface area contributed by atoms with Crippen LogP contribution in [0.5, 0.6) is 0 Å². The third-order valence-electron chi connectivity index (χ3n) is 4.15. The van der Waals surface area contributed by atoms with Gasteiger partial charge in [-0.2, -0.15) is 0 Å². The van der Waals surface area contributed by atoms with Crippen LogP contribution in [0.2, 0.25) is 0 Å². The Balaban J connectivity index is 1.65. The number of nitrogens with one attached hydrogen (secondary N) is 2. The summed E-state index contributed by atoms with van der Waals surface area (Å²) in [5, 5.41) is 7.01. The van der Waals surface area contributed by atoms with E-state index in [1.54, 1.807) is 0 Å². The number of ether oxygens (including phenoxy) is 1. The Morgan fingerprint density at radius 3 is 2.36 bits per heavy atom. The molecule has 0 bridgehead atoms. The van der Waals surface area contributed by atoms with E-state index >= 15 is 0 Å². The van der Waals surface area contributed by atoms with Crippen LogP contribution in [0.25, 0.3) is 0 Å². The van der Waals surface area contributed by atoms with Crippen LogP contribution in [0.4, 0.5) is 0 Å². The molecule has 0 amide bonds. The van der Waals surface area contributed by atoms with Crippen LogP contribution in [0, 0.1) is 5.41 Å². The molecule has 2 rings (SSSR count). The number of hydrogen-bond acceptors (Lipinski definition) is 3. The van der Waals surface area contributed by atoms with Crippen molar-refractivity contribution in [1.29, 1.82) is 0 Å². The minimum atomic E-state index is 0.0407. The van der Waals surface area contributed by atoms with Gasteiger partial charge in [-0.1, -0.05) is 26.8 Å². The lowest BCUT2D eigenvalue weighted by molar-refractivity contribution is -0.0570. The topological polar surface area (TPSA) is 33.3 Å². The predicted molar refractivity (Wildman–Crippen MR) is 93.6 cm³/mol. The van der Waals surface area contributed by atoms with Crippen molar-refractivity contribution in [2.45, 2.75) is 91.1 Å². The molecule has 1 fully saturated rings. The summed E-state index contributed by atoms with van der Waals surface area (Å²) in [4.78, 5) is 0. The highest BCUT2D eigenvalue weighted by molar-refractivity contribution is 5.23. The van der Waals surface area contributed by atoms with Gasteiger partial charge in [-0.3, -0.25) is 0 Å². The molecule has 1 heterocycles. The van der Waals surface area contributed by atoms with Crippen molar-refractivity contribution in [2.75, 3.05) is 0 Å². The van der Waals surface area contributed by atoms with Gasteiger partial charge in [-0.25, -0.2) is 0 Å². The first kappa shape index (κ1) is 17.6. The molecular formula is C19H34N2O. The van der Waals surface area contributed by atoms with E-state index in [9.17, 15) is 0 Å². The molecule has 3 heteroatoms. The van der Waals surface area contributed by atoms with Crippen molar-refractivity contribution in [2.24, 2.45) is 5.41 Å². The summed E-state index contributed by atoms with van der Waals surface area (Å²) in [6.45, 7) is 13.5. The standard InChI is InChI=1S/C19H34N2O/c1-18(2,3)10-9-14-7-8-17(20-13-14)22-16-11-15(12-16)21-19(4,5)6/h7-8,13,15-17,20-21H,9-12H2,1-6H3. The average Bonchev–Trinajstić information content (AvgIpc) is 2.33. The van der Waals surface area contributed by atoms with Gasteiger partial charge in [0, 0.05) is 17.8 Å². The molecule has 1 atom stereocenters. The van der Waals surface area contributed by atoms with Gasteiger partial charge in [0.25, 0.3) is 0 Å². The molecule has 1 unspecified atom stereocenters. The molecule has 0 radical (unpaired) electrons. The molecule has 0 saturated heterocycles. The van der Waals surface area contributed by atoms with Gasteiger partial charge in [-0.15, -0.1) is 0 Å². The molecule has 3 nitrogen and oxygen atoms in total. The van der Waals surface area contributed by atoms with Crippen molar-refractivity contribution < 1.29 is 4.74 Å². The van der Waals surface area contributed by atoms with Crippen molar-refractivity contribution >= 4 is 0 Å². The first-order chi connectivity index (χ1) is 10.1. The lowest BCUT2D eigenvalue weighted by atomic mass is 9.87. The summed E-state index contributed by atoms with van der Waals surface area (Å²) in [6, 6.07) is 0.607. The van der Waals surface area contributed by atoms with Gasteiger partial charge in [0.1, 0.15) is 6.23 Å². The Bertz CT molecular complexity index is 420. The van der Waals surface area contributed by atoms with E-state index in [4.69, 9.17) is 4.74 Å². The SMILES string of the molecule is CC(C)(C)CCC1=CNC(OC2CC(NC(C)(C)C)C2)C=C1. The number of rotatable bonds is 5. The second-order valence-corrected chi connectivity index (χ2v) is 9.05. The first-order valence-corrected chi connectivity index (χ1v) is 8.67. The van der Waals surface area contributed by atoms with Gasteiger partial charge >= 0.3 is 0 Å². The zero-order valence-corrected chi connectivity index (χ0v) is 15.2. The zero-order valence-electron chi connectivity index (χ0n) is 15.2. The highest BCUT2D eigenvalue weighted by Crippen LogP contribution is 2.28. The fourth-order valence-corrected chi connectivity index (χ4v) is 2.88. The summed E-state index contributed by atoms with van der Waals surface area (Å²) in [5.41, 5.74) is 1.96. The van der Waals surface area contributed by atoms with Crippen LogP contribution in [0.1, 0.15) is 67.2 Å². The molecule has 0 aromatic rings. The molecule has 22 heavy (non-hydrogen) atoms. The molecule has 1 saturated carbocycles. The quantitative estimate of drug-likeness (QED) is 0.801. The maximum atomic E-state index is 6.08. The average molecular weight is 306 g/mol. The van der Waals surface area contributed by atoms with E-state index in [0.29, 0.717) is 17.6 Å². The Hall–Kier alpha value is -0.800. The molecule has 1 aliphatic heterocycles. The van der Waals surface area contributed by atoms with Crippen LogP contribution in [0.3, 0.4) is 0 Å². The Morgan fingerprint density at radius 1 is 1.18 bits per heavy atom. The van der Waals surface area contributed by atoms with Gasteiger partial charge < -0.3 is 15.4 Å². The number of hydrogen-bond donors (Lipinski definition) is 2. The molecule has 0 aromatic heterocycles. The van der Waals surface area contributed by atoms with E-state index in [1.807, 2.05) is 0 Å². The van der Waals surface area contributed by atoms with Crippen molar-refractivity contribution in [3.63, 3.8) is 0 Å². The maximum absolute atomic E-state index is 6.08. The fourth-order valence-electron chi connectivity index (χ4n) is 2.88. The van der Waals surface area contributed by atoms with E-state index < -0.39 is 0 Å². The van der Waals surface area contributed by atoms with Crippen molar-refractivity contribution in [1.82, 2.24) is 10.6 Å². The summed E-state index contributed by atoms with van der Waals surface area (Å²) in [7, 11) is 0. The van der Waals surface area contributed by atoms with E-state index in [2.05, 4.69) is 70.5 Å². The van der Waals surface area contributed by atoms with Crippen molar-refractivity contribution in [3.8, 4) is 0 Å². The Morgan fingerprint density at radius 2 is 1.86 bits per heavy atom. The summed E-state index contributed by atoms with van der Waals surface area (Å²) < 4.78 is 6.08. The lowest BCUT2D eigenvalue weighted by Crippen LogP contribution is -2.53. The summed E-state index contributed by atoms with van der Waals surface area (Å²) in [5.74, 6) is 0.